The standard InChI is InChI=1S/C15H20ClFO2/c1-3-19-12-6-10(7-12)8-14(16)13-9-11(17)4-5-15(13)18-2/h4-5,9-10,12,14H,3,6-8H2,1-2H3. The predicted molar refractivity (Wildman–Crippen MR) is 74.3 cm³/mol. The molecule has 1 aromatic carbocycles. The van der Waals surface area contributed by atoms with Crippen LogP contribution in [0, 0.1) is 11.7 Å². The minimum Gasteiger partial charge on any atom is -0.496 e. The third kappa shape index (κ3) is 3.61. The molecule has 19 heavy (non-hydrogen) atoms. The normalized spacial score (nSPS) is 23.8. The molecule has 106 valence electrons. The van der Waals surface area contributed by atoms with Gasteiger partial charge < -0.3 is 9.47 Å². The van der Waals surface area contributed by atoms with Crippen LogP contribution in [-0.4, -0.2) is 19.8 Å². The molecule has 2 rings (SSSR count). The maximum absolute atomic E-state index is 13.3. The Labute approximate surface area is 118 Å². The zero-order valence-corrected chi connectivity index (χ0v) is 12.1. The van der Waals surface area contributed by atoms with Gasteiger partial charge in [-0.25, -0.2) is 4.39 Å². The molecule has 0 bridgehead atoms. The van der Waals surface area contributed by atoms with E-state index in [4.69, 9.17) is 21.1 Å². The van der Waals surface area contributed by atoms with E-state index in [1.165, 1.54) is 12.1 Å². The molecule has 0 amide bonds. The van der Waals surface area contributed by atoms with Crippen molar-refractivity contribution in [1.82, 2.24) is 0 Å². The second-order valence-electron chi connectivity index (χ2n) is 5.00. The molecule has 2 nitrogen and oxygen atoms in total. The lowest BCUT2D eigenvalue weighted by Gasteiger charge is -2.36. The zero-order chi connectivity index (χ0) is 13.8. The number of hydrogen-bond acceptors (Lipinski definition) is 2. The van der Waals surface area contributed by atoms with Crippen LogP contribution in [0.1, 0.15) is 37.1 Å². The van der Waals surface area contributed by atoms with Gasteiger partial charge in [0.1, 0.15) is 11.6 Å². The molecule has 0 N–H and O–H groups in total. The van der Waals surface area contributed by atoms with Crippen LogP contribution in [0.15, 0.2) is 18.2 Å². The van der Waals surface area contributed by atoms with Crippen molar-refractivity contribution in [3.8, 4) is 5.75 Å². The summed E-state index contributed by atoms with van der Waals surface area (Å²) in [6.45, 7) is 2.77. The summed E-state index contributed by atoms with van der Waals surface area (Å²) < 4.78 is 24.1. The third-order valence-electron chi connectivity index (χ3n) is 3.66. The Kier molecular flexibility index (Phi) is 5.06. The quantitative estimate of drug-likeness (QED) is 0.725. The van der Waals surface area contributed by atoms with Crippen molar-refractivity contribution in [2.75, 3.05) is 13.7 Å². The van der Waals surface area contributed by atoms with Crippen molar-refractivity contribution in [3.63, 3.8) is 0 Å². The van der Waals surface area contributed by atoms with Crippen molar-refractivity contribution in [3.05, 3.63) is 29.6 Å². The SMILES string of the molecule is CCOC1CC(CC(Cl)c2cc(F)ccc2OC)C1. The minimum absolute atomic E-state index is 0.210. The summed E-state index contributed by atoms with van der Waals surface area (Å²) in [4.78, 5) is 0. The average Bonchev–Trinajstić information content (AvgIpc) is 2.36. The number of benzene rings is 1. The Morgan fingerprint density at radius 1 is 1.42 bits per heavy atom. The van der Waals surface area contributed by atoms with Gasteiger partial charge in [0.2, 0.25) is 0 Å². The van der Waals surface area contributed by atoms with E-state index in [9.17, 15) is 4.39 Å². The van der Waals surface area contributed by atoms with E-state index in [1.807, 2.05) is 6.92 Å². The monoisotopic (exact) mass is 286 g/mol. The third-order valence-corrected chi connectivity index (χ3v) is 4.08. The van der Waals surface area contributed by atoms with Crippen LogP contribution in [0.2, 0.25) is 0 Å². The number of methoxy groups -OCH3 is 1. The first kappa shape index (κ1) is 14.6. The molecule has 1 saturated carbocycles. The Bertz CT molecular complexity index is 419. The molecule has 4 heteroatoms. The zero-order valence-electron chi connectivity index (χ0n) is 11.4. The fraction of sp³-hybridized carbons (Fsp3) is 0.600. The van der Waals surface area contributed by atoms with Crippen molar-refractivity contribution in [2.24, 2.45) is 5.92 Å². The van der Waals surface area contributed by atoms with Crippen LogP contribution < -0.4 is 4.74 Å². The molecule has 1 aliphatic carbocycles. The van der Waals surface area contributed by atoms with Crippen LogP contribution in [0.4, 0.5) is 4.39 Å². The van der Waals surface area contributed by atoms with Gasteiger partial charge in [-0.1, -0.05) is 0 Å². The van der Waals surface area contributed by atoms with Crippen LogP contribution in [-0.2, 0) is 4.74 Å². The predicted octanol–water partition coefficient (Wildman–Crippen LogP) is 4.32. The van der Waals surface area contributed by atoms with Gasteiger partial charge in [-0.3, -0.25) is 0 Å². The van der Waals surface area contributed by atoms with Crippen LogP contribution >= 0.6 is 11.6 Å². The van der Waals surface area contributed by atoms with Gasteiger partial charge in [-0.15, -0.1) is 11.6 Å². The molecular formula is C15H20ClFO2. The lowest BCUT2D eigenvalue weighted by molar-refractivity contribution is -0.0267. The summed E-state index contributed by atoms with van der Waals surface area (Å²) in [5, 5.41) is -0.210. The lowest BCUT2D eigenvalue weighted by atomic mass is 9.78. The van der Waals surface area contributed by atoms with Gasteiger partial charge in [0.05, 0.1) is 18.6 Å². The fourth-order valence-corrected chi connectivity index (χ4v) is 3.03. The molecule has 0 radical (unpaired) electrons. The highest BCUT2D eigenvalue weighted by Gasteiger charge is 2.32. The molecular weight excluding hydrogens is 267 g/mol. The summed E-state index contributed by atoms with van der Waals surface area (Å²) in [6.07, 6.45) is 3.32. The molecule has 0 heterocycles. The molecule has 0 aliphatic heterocycles. The lowest BCUT2D eigenvalue weighted by Crippen LogP contribution is -2.31. The Morgan fingerprint density at radius 3 is 2.79 bits per heavy atom. The van der Waals surface area contributed by atoms with E-state index in [2.05, 4.69) is 0 Å². The van der Waals surface area contributed by atoms with Gasteiger partial charge >= 0.3 is 0 Å². The van der Waals surface area contributed by atoms with E-state index in [-0.39, 0.29) is 11.2 Å². The molecule has 0 spiro atoms. The maximum atomic E-state index is 13.3. The van der Waals surface area contributed by atoms with E-state index in [0.717, 1.165) is 31.4 Å². The summed E-state index contributed by atoms with van der Waals surface area (Å²) in [7, 11) is 1.58. The largest absolute Gasteiger partial charge is 0.496 e. The van der Waals surface area contributed by atoms with Crippen molar-refractivity contribution >= 4 is 11.6 Å². The number of rotatable bonds is 6. The topological polar surface area (TPSA) is 18.5 Å². The second-order valence-corrected chi connectivity index (χ2v) is 5.53. The van der Waals surface area contributed by atoms with Crippen LogP contribution in [0.5, 0.6) is 5.75 Å². The van der Waals surface area contributed by atoms with E-state index >= 15 is 0 Å². The molecule has 0 saturated heterocycles. The first-order valence-corrected chi connectivity index (χ1v) is 7.16. The summed E-state index contributed by atoms with van der Waals surface area (Å²) >= 11 is 6.41. The van der Waals surface area contributed by atoms with Crippen molar-refractivity contribution in [1.29, 1.82) is 0 Å². The van der Waals surface area contributed by atoms with Crippen molar-refractivity contribution in [2.45, 2.75) is 37.7 Å². The minimum atomic E-state index is -0.276. The number of hydrogen-bond donors (Lipinski definition) is 0. The number of ether oxygens (including phenoxy) is 2. The molecule has 1 aromatic rings. The first-order chi connectivity index (χ1) is 9.13. The molecule has 0 aromatic heterocycles. The Morgan fingerprint density at radius 2 is 2.16 bits per heavy atom. The smallest absolute Gasteiger partial charge is 0.123 e. The van der Waals surface area contributed by atoms with Gasteiger partial charge in [-0.05, 0) is 50.3 Å². The molecule has 1 unspecified atom stereocenters. The summed E-state index contributed by atoms with van der Waals surface area (Å²) in [5.74, 6) is 0.941. The highest BCUT2D eigenvalue weighted by Crippen LogP contribution is 2.41. The Hall–Kier alpha value is -0.800. The van der Waals surface area contributed by atoms with Gasteiger partial charge in [0.25, 0.3) is 0 Å². The van der Waals surface area contributed by atoms with Crippen LogP contribution in [0.25, 0.3) is 0 Å². The van der Waals surface area contributed by atoms with Gasteiger partial charge in [0, 0.05) is 12.2 Å². The van der Waals surface area contributed by atoms with Gasteiger partial charge in [-0.2, -0.15) is 0 Å². The van der Waals surface area contributed by atoms with E-state index in [0.29, 0.717) is 17.8 Å². The molecule has 1 aliphatic rings. The first-order valence-electron chi connectivity index (χ1n) is 6.73. The maximum Gasteiger partial charge on any atom is 0.123 e. The Balaban J connectivity index is 1.93. The summed E-state index contributed by atoms with van der Waals surface area (Å²) in [5.41, 5.74) is 0.740. The van der Waals surface area contributed by atoms with Crippen LogP contribution in [0.3, 0.4) is 0 Å². The fourth-order valence-electron chi connectivity index (χ4n) is 2.61. The van der Waals surface area contributed by atoms with Gasteiger partial charge in [0.15, 0.2) is 0 Å². The summed E-state index contributed by atoms with van der Waals surface area (Å²) in [6, 6.07) is 4.49. The highest BCUT2D eigenvalue weighted by molar-refractivity contribution is 6.21. The highest BCUT2D eigenvalue weighted by atomic mass is 35.5. The van der Waals surface area contributed by atoms with E-state index in [1.54, 1.807) is 13.2 Å². The molecule has 1 atom stereocenters. The van der Waals surface area contributed by atoms with Crippen molar-refractivity contribution < 1.29 is 13.9 Å². The van der Waals surface area contributed by atoms with E-state index < -0.39 is 0 Å². The second kappa shape index (κ2) is 6.58. The average molecular weight is 287 g/mol. The molecule has 1 fully saturated rings. The number of alkyl halides is 1. The number of halogens is 2.